The molecule has 0 unspecified atom stereocenters. The number of likely N-dealkylation sites (tertiary alicyclic amines) is 1. The normalized spacial score (nSPS) is 31.1. The highest BCUT2D eigenvalue weighted by molar-refractivity contribution is 6.10. The maximum absolute atomic E-state index is 13.6. The summed E-state index contributed by atoms with van der Waals surface area (Å²) in [5.74, 6) is -0.618. The first-order chi connectivity index (χ1) is 16.4. The molecule has 0 radical (unpaired) electrons. The van der Waals surface area contributed by atoms with Crippen LogP contribution in [0.1, 0.15) is 12.0 Å². The highest BCUT2D eigenvalue weighted by Gasteiger charge is 2.67. The first-order valence-corrected chi connectivity index (χ1v) is 11.6. The third-order valence-electron chi connectivity index (χ3n) is 7.93. The Labute approximate surface area is 195 Å². The van der Waals surface area contributed by atoms with Crippen LogP contribution < -0.4 is 5.32 Å². The minimum Gasteiger partial charge on any atom is -0.324 e. The fourth-order valence-corrected chi connectivity index (χ4v) is 6.32. The summed E-state index contributed by atoms with van der Waals surface area (Å²) in [6.07, 6.45) is 5.49. The first kappa shape index (κ1) is 20.8. The van der Waals surface area contributed by atoms with E-state index in [9.17, 15) is 24.5 Å². The average Bonchev–Trinajstić information content (AvgIpc) is 3.62. The van der Waals surface area contributed by atoms with E-state index in [2.05, 4.69) is 17.5 Å². The fourth-order valence-electron chi connectivity index (χ4n) is 6.32. The van der Waals surface area contributed by atoms with E-state index in [1.165, 1.54) is 29.2 Å². The van der Waals surface area contributed by atoms with E-state index in [0.717, 1.165) is 12.0 Å². The van der Waals surface area contributed by atoms with Gasteiger partial charge in [-0.2, -0.15) is 0 Å². The molecule has 7 rings (SSSR count). The number of benzene rings is 2. The highest BCUT2D eigenvalue weighted by atomic mass is 16.6. The highest BCUT2D eigenvalue weighted by Crippen LogP contribution is 2.65. The van der Waals surface area contributed by atoms with Crippen molar-refractivity contribution in [2.75, 3.05) is 5.32 Å². The van der Waals surface area contributed by atoms with E-state index < -0.39 is 16.9 Å². The number of carbonyl (C=O) groups excluding carboxylic acids is 3. The van der Waals surface area contributed by atoms with Crippen molar-refractivity contribution >= 4 is 29.1 Å². The van der Waals surface area contributed by atoms with Crippen LogP contribution in [0, 0.1) is 45.6 Å². The average molecular weight is 457 g/mol. The van der Waals surface area contributed by atoms with Gasteiger partial charge in [-0.05, 0) is 47.8 Å². The molecule has 7 atom stereocenters. The van der Waals surface area contributed by atoms with Crippen molar-refractivity contribution in [2.45, 2.75) is 18.9 Å². The van der Waals surface area contributed by atoms with E-state index in [-0.39, 0.29) is 47.6 Å². The number of non-ortho nitro benzene ring substituents is 1. The van der Waals surface area contributed by atoms with Crippen LogP contribution in [0.3, 0.4) is 0 Å². The number of allylic oxidation sites excluding steroid dienone is 2. The molecule has 5 aliphatic rings. The zero-order valence-corrected chi connectivity index (χ0v) is 18.2. The molecule has 2 aromatic carbocycles. The van der Waals surface area contributed by atoms with Gasteiger partial charge in [0.2, 0.25) is 17.7 Å². The van der Waals surface area contributed by atoms with Gasteiger partial charge in [-0.1, -0.05) is 42.5 Å². The van der Waals surface area contributed by atoms with Crippen molar-refractivity contribution in [3.05, 3.63) is 82.4 Å². The number of anilines is 1. The number of amides is 3. The zero-order valence-electron chi connectivity index (χ0n) is 18.2. The van der Waals surface area contributed by atoms with Gasteiger partial charge < -0.3 is 5.32 Å². The molecule has 1 aliphatic heterocycles. The Morgan fingerprint density at radius 1 is 0.971 bits per heavy atom. The Morgan fingerprint density at radius 2 is 1.56 bits per heavy atom. The van der Waals surface area contributed by atoms with E-state index in [1.807, 2.05) is 30.3 Å². The lowest BCUT2D eigenvalue weighted by molar-refractivity contribution is -0.384. The topological polar surface area (TPSA) is 110 Å². The van der Waals surface area contributed by atoms with Crippen molar-refractivity contribution in [3.8, 4) is 0 Å². The largest absolute Gasteiger partial charge is 0.324 e. The van der Waals surface area contributed by atoms with Crippen LogP contribution in [0.25, 0.3) is 0 Å². The van der Waals surface area contributed by atoms with E-state index >= 15 is 0 Å². The van der Waals surface area contributed by atoms with E-state index in [1.54, 1.807) is 0 Å². The lowest BCUT2D eigenvalue weighted by atomic mass is 9.63. The predicted octanol–water partition coefficient (Wildman–Crippen LogP) is 3.20. The minimum absolute atomic E-state index is 0.0801. The van der Waals surface area contributed by atoms with Crippen molar-refractivity contribution in [2.24, 2.45) is 35.5 Å². The number of nitro groups is 1. The van der Waals surface area contributed by atoms with Crippen molar-refractivity contribution in [1.82, 2.24) is 4.90 Å². The Morgan fingerprint density at radius 3 is 2.12 bits per heavy atom. The van der Waals surface area contributed by atoms with Crippen LogP contribution >= 0.6 is 0 Å². The molecule has 4 aliphatic carbocycles. The molecule has 172 valence electrons. The maximum atomic E-state index is 13.6. The van der Waals surface area contributed by atoms with Crippen LogP contribution in [0.2, 0.25) is 0 Å². The summed E-state index contributed by atoms with van der Waals surface area (Å²) in [5.41, 5.74) is 1.12. The number of hydrogen-bond donors (Lipinski definition) is 1. The van der Waals surface area contributed by atoms with Gasteiger partial charge in [0, 0.05) is 24.2 Å². The van der Waals surface area contributed by atoms with Gasteiger partial charge in [-0.3, -0.25) is 29.4 Å². The fraction of sp³-hybridized carbons (Fsp3) is 0.346. The molecule has 2 saturated carbocycles. The molecule has 0 aromatic heterocycles. The number of nitro benzene ring substituents is 1. The molecule has 3 fully saturated rings. The Balaban J connectivity index is 1.30. The zero-order chi connectivity index (χ0) is 23.6. The molecule has 1 N–H and O–H groups in total. The second kappa shape index (κ2) is 7.62. The van der Waals surface area contributed by atoms with Crippen LogP contribution in [0.5, 0.6) is 0 Å². The standard InChI is InChI=1S/C26H23N3O5/c30-24(27-15-6-8-16(9-7-15)29(33)34)21(12-14-4-2-1-3-5-14)28-25(31)22-17-10-11-18(20-13-19(17)20)23(22)26(28)32/h1-11,17-23H,12-13H2,(H,27,30)/t17-,18-,19-,20-,21-,22+,23+/m1/s1. The summed E-state index contributed by atoms with van der Waals surface area (Å²) in [6.45, 7) is 0. The molecule has 1 heterocycles. The maximum Gasteiger partial charge on any atom is 0.269 e. The third kappa shape index (κ3) is 3.16. The van der Waals surface area contributed by atoms with Crippen molar-refractivity contribution in [1.29, 1.82) is 0 Å². The predicted molar refractivity (Wildman–Crippen MR) is 122 cm³/mol. The van der Waals surface area contributed by atoms with E-state index in [4.69, 9.17) is 0 Å². The first-order valence-electron chi connectivity index (χ1n) is 11.6. The number of rotatable bonds is 6. The Hall–Kier alpha value is -3.81. The van der Waals surface area contributed by atoms with E-state index in [0.29, 0.717) is 17.5 Å². The monoisotopic (exact) mass is 457 g/mol. The third-order valence-corrected chi connectivity index (χ3v) is 7.93. The van der Waals surface area contributed by atoms with Gasteiger partial charge >= 0.3 is 0 Å². The lowest BCUT2D eigenvalue weighted by Gasteiger charge is -2.37. The molecule has 34 heavy (non-hydrogen) atoms. The second-order valence-electron chi connectivity index (χ2n) is 9.70. The summed E-state index contributed by atoms with van der Waals surface area (Å²) in [5, 5.41) is 13.7. The van der Waals surface area contributed by atoms with Gasteiger partial charge in [0.05, 0.1) is 16.8 Å². The summed E-state index contributed by atoms with van der Waals surface area (Å²) < 4.78 is 0. The second-order valence-corrected chi connectivity index (χ2v) is 9.70. The van der Waals surface area contributed by atoms with Gasteiger partial charge in [-0.25, -0.2) is 0 Å². The smallest absolute Gasteiger partial charge is 0.269 e. The summed E-state index contributed by atoms with van der Waals surface area (Å²) in [4.78, 5) is 52.3. The summed E-state index contributed by atoms with van der Waals surface area (Å²) in [7, 11) is 0. The number of carbonyl (C=O) groups is 3. The summed E-state index contributed by atoms with van der Waals surface area (Å²) in [6, 6.07) is 13.8. The van der Waals surface area contributed by atoms with Crippen LogP contribution in [0.4, 0.5) is 11.4 Å². The Bertz CT molecular complexity index is 1190. The number of hydrogen-bond acceptors (Lipinski definition) is 5. The quantitative estimate of drug-likeness (QED) is 0.310. The Kier molecular flexibility index (Phi) is 4.65. The molecule has 3 amide bonds. The molecule has 2 bridgehead atoms. The molecule has 8 nitrogen and oxygen atoms in total. The van der Waals surface area contributed by atoms with Crippen molar-refractivity contribution in [3.63, 3.8) is 0 Å². The number of nitrogens with zero attached hydrogens (tertiary/aromatic N) is 2. The SMILES string of the molecule is O=C(Nc1ccc([N+](=O)[O-])cc1)[C@@H](Cc1ccccc1)N1C(=O)[C@H]2[C@@H]3C=C[C@H]([C@H]4C[C@H]34)[C@@H]2C1=O. The summed E-state index contributed by atoms with van der Waals surface area (Å²) >= 11 is 0. The van der Waals surface area contributed by atoms with Crippen LogP contribution in [0.15, 0.2) is 66.7 Å². The number of nitrogens with one attached hydrogen (secondary N) is 1. The molecular formula is C26H23N3O5. The molecule has 0 spiro atoms. The minimum atomic E-state index is -1.00. The van der Waals surface area contributed by atoms with Gasteiger partial charge in [0.25, 0.3) is 5.69 Å². The van der Waals surface area contributed by atoms with Gasteiger partial charge in [0.15, 0.2) is 0 Å². The van der Waals surface area contributed by atoms with Crippen LogP contribution in [-0.4, -0.2) is 33.6 Å². The van der Waals surface area contributed by atoms with Crippen molar-refractivity contribution < 1.29 is 19.3 Å². The molecular weight excluding hydrogens is 434 g/mol. The molecule has 2 aromatic rings. The van der Waals surface area contributed by atoms with Gasteiger partial charge in [-0.15, -0.1) is 0 Å². The number of imide groups is 1. The molecule has 8 heteroatoms. The van der Waals surface area contributed by atoms with Crippen LogP contribution in [-0.2, 0) is 20.8 Å². The molecule has 1 saturated heterocycles. The lowest BCUT2D eigenvalue weighted by Crippen LogP contribution is -2.49. The van der Waals surface area contributed by atoms with Gasteiger partial charge in [0.1, 0.15) is 6.04 Å².